The van der Waals surface area contributed by atoms with Gasteiger partial charge in [-0.1, -0.05) is 237 Å². The Bertz CT molecular complexity index is 1060. The molecule has 0 aromatic carbocycles. The Kier molecular flexibility index (Phi) is 50.3. The van der Waals surface area contributed by atoms with E-state index in [0.717, 1.165) is 83.5 Å². The second-order valence-electron chi connectivity index (χ2n) is 18.5. The first-order valence-electron chi connectivity index (χ1n) is 27.5. The number of ether oxygens (including phenoxy) is 3. The van der Waals surface area contributed by atoms with Gasteiger partial charge in [0.1, 0.15) is 13.2 Å². The molecule has 0 amide bonds. The SMILES string of the molecule is CCCC/C=C\CCCCCCCC(=O)O[C@H](COC(=O)CCCCCCCCC/C=C\C/C=C\CCCCC)COC(=O)CCCCCCCCCCCCCCCCCCC. The molecule has 0 aliphatic rings. The van der Waals surface area contributed by atoms with E-state index < -0.39 is 6.10 Å². The quantitative estimate of drug-likeness (QED) is 0.0262. The molecule has 63 heavy (non-hydrogen) atoms. The first-order valence-corrected chi connectivity index (χ1v) is 27.5. The topological polar surface area (TPSA) is 78.9 Å². The fourth-order valence-electron chi connectivity index (χ4n) is 7.93. The molecule has 368 valence electrons. The molecule has 0 aliphatic carbocycles. The van der Waals surface area contributed by atoms with Crippen LogP contribution in [0.3, 0.4) is 0 Å². The average molecular weight is 885 g/mol. The Balaban J connectivity index is 4.31. The van der Waals surface area contributed by atoms with Crippen LogP contribution in [0.2, 0.25) is 0 Å². The maximum Gasteiger partial charge on any atom is 0.306 e. The standard InChI is InChI=1S/C57H104O6/c1-4-7-10-13-16-19-22-24-26-28-30-32-35-37-40-43-46-49-55(58)61-52-54(63-57(60)51-48-45-42-39-34-21-18-15-12-9-6-3)53-62-56(59)50-47-44-41-38-36-33-31-29-27-25-23-20-17-14-11-8-5-2/h15-16,18-19,24,26,54H,4-14,17,20-23,25,27-53H2,1-3H3/b18-15-,19-16-,26-24-/t54-/m1/s1. The van der Waals surface area contributed by atoms with Crippen LogP contribution in [0.15, 0.2) is 36.5 Å². The van der Waals surface area contributed by atoms with Crippen molar-refractivity contribution in [2.75, 3.05) is 13.2 Å². The number of carbonyl (C=O) groups excluding carboxylic acids is 3. The Morgan fingerprint density at radius 2 is 0.587 bits per heavy atom. The van der Waals surface area contributed by atoms with Crippen molar-refractivity contribution in [1.82, 2.24) is 0 Å². The second-order valence-corrected chi connectivity index (χ2v) is 18.5. The number of esters is 3. The molecule has 0 aliphatic heterocycles. The normalized spacial score (nSPS) is 12.2. The fraction of sp³-hybridized carbons (Fsp3) is 0.842. The second kappa shape index (κ2) is 52.3. The van der Waals surface area contributed by atoms with Gasteiger partial charge in [-0.15, -0.1) is 0 Å². The van der Waals surface area contributed by atoms with Crippen molar-refractivity contribution in [3.05, 3.63) is 36.5 Å². The molecule has 0 rings (SSSR count). The van der Waals surface area contributed by atoms with Gasteiger partial charge in [0, 0.05) is 19.3 Å². The van der Waals surface area contributed by atoms with E-state index >= 15 is 0 Å². The molecule has 0 radical (unpaired) electrons. The summed E-state index contributed by atoms with van der Waals surface area (Å²) < 4.78 is 16.8. The van der Waals surface area contributed by atoms with Gasteiger partial charge in [0.15, 0.2) is 6.10 Å². The van der Waals surface area contributed by atoms with Crippen molar-refractivity contribution in [3.63, 3.8) is 0 Å². The van der Waals surface area contributed by atoms with Crippen LogP contribution in [0.4, 0.5) is 0 Å². The lowest BCUT2D eigenvalue weighted by Gasteiger charge is -2.18. The van der Waals surface area contributed by atoms with E-state index in [1.807, 2.05) is 0 Å². The van der Waals surface area contributed by atoms with Gasteiger partial charge < -0.3 is 14.2 Å². The third kappa shape index (κ3) is 50.5. The summed E-state index contributed by atoms with van der Waals surface area (Å²) in [6.07, 6.45) is 61.3. The Hall–Kier alpha value is -2.37. The predicted octanol–water partition coefficient (Wildman–Crippen LogP) is 18.1. The monoisotopic (exact) mass is 885 g/mol. The van der Waals surface area contributed by atoms with Gasteiger partial charge in [0.05, 0.1) is 0 Å². The number of unbranched alkanes of at least 4 members (excludes halogenated alkanes) is 33. The van der Waals surface area contributed by atoms with Gasteiger partial charge in [0.25, 0.3) is 0 Å². The number of hydrogen-bond donors (Lipinski definition) is 0. The van der Waals surface area contributed by atoms with Gasteiger partial charge in [-0.25, -0.2) is 0 Å². The van der Waals surface area contributed by atoms with Crippen molar-refractivity contribution in [1.29, 1.82) is 0 Å². The van der Waals surface area contributed by atoms with Crippen LogP contribution in [0.5, 0.6) is 0 Å². The van der Waals surface area contributed by atoms with Crippen molar-refractivity contribution in [2.24, 2.45) is 0 Å². The summed E-state index contributed by atoms with van der Waals surface area (Å²) in [4.78, 5) is 38.0. The molecular weight excluding hydrogens is 781 g/mol. The largest absolute Gasteiger partial charge is 0.462 e. The molecule has 6 heteroatoms. The lowest BCUT2D eigenvalue weighted by Crippen LogP contribution is -2.30. The Morgan fingerprint density at radius 3 is 0.968 bits per heavy atom. The third-order valence-electron chi connectivity index (χ3n) is 12.1. The van der Waals surface area contributed by atoms with Crippen molar-refractivity contribution in [3.8, 4) is 0 Å². The van der Waals surface area contributed by atoms with Crippen LogP contribution in [-0.2, 0) is 28.6 Å². The summed E-state index contributed by atoms with van der Waals surface area (Å²) in [6, 6.07) is 0. The number of allylic oxidation sites excluding steroid dienone is 6. The molecule has 6 nitrogen and oxygen atoms in total. The van der Waals surface area contributed by atoms with Crippen molar-refractivity contribution >= 4 is 17.9 Å². The third-order valence-corrected chi connectivity index (χ3v) is 12.1. The first-order chi connectivity index (χ1) is 31.0. The molecule has 0 spiro atoms. The van der Waals surface area contributed by atoms with Crippen LogP contribution in [0.25, 0.3) is 0 Å². The van der Waals surface area contributed by atoms with Crippen molar-refractivity contribution < 1.29 is 28.6 Å². The Morgan fingerprint density at radius 1 is 0.317 bits per heavy atom. The van der Waals surface area contributed by atoms with Crippen LogP contribution in [0.1, 0.15) is 290 Å². The molecule has 1 atom stereocenters. The van der Waals surface area contributed by atoms with Crippen LogP contribution in [0, 0.1) is 0 Å². The highest BCUT2D eigenvalue weighted by molar-refractivity contribution is 5.71. The lowest BCUT2D eigenvalue weighted by atomic mass is 10.0. The molecular formula is C57H104O6. The average Bonchev–Trinajstić information content (AvgIpc) is 3.28. The summed E-state index contributed by atoms with van der Waals surface area (Å²) >= 11 is 0. The molecule has 0 aromatic rings. The summed E-state index contributed by atoms with van der Waals surface area (Å²) in [5.41, 5.74) is 0. The molecule has 0 bridgehead atoms. The predicted molar refractivity (Wildman–Crippen MR) is 270 cm³/mol. The zero-order valence-corrected chi connectivity index (χ0v) is 42.1. The maximum absolute atomic E-state index is 12.8. The fourth-order valence-corrected chi connectivity index (χ4v) is 7.93. The van der Waals surface area contributed by atoms with E-state index in [1.165, 1.54) is 167 Å². The molecule has 0 heterocycles. The minimum Gasteiger partial charge on any atom is -0.462 e. The van der Waals surface area contributed by atoms with Crippen LogP contribution < -0.4 is 0 Å². The molecule has 0 unspecified atom stereocenters. The summed E-state index contributed by atoms with van der Waals surface area (Å²) in [7, 11) is 0. The van der Waals surface area contributed by atoms with Gasteiger partial charge in [-0.2, -0.15) is 0 Å². The minimum absolute atomic E-state index is 0.0749. The maximum atomic E-state index is 12.8. The van der Waals surface area contributed by atoms with Crippen molar-refractivity contribution in [2.45, 2.75) is 297 Å². The highest BCUT2D eigenvalue weighted by Gasteiger charge is 2.19. The molecule has 0 saturated carbocycles. The van der Waals surface area contributed by atoms with Gasteiger partial charge in [-0.05, 0) is 70.6 Å². The highest BCUT2D eigenvalue weighted by Crippen LogP contribution is 2.16. The molecule has 0 N–H and O–H groups in total. The zero-order chi connectivity index (χ0) is 45.8. The van der Waals surface area contributed by atoms with E-state index in [0.29, 0.717) is 19.3 Å². The van der Waals surface area contributed by atoms with E-state index in [4.69, 9.17) is 14.2 Å². The van der Waals surface area contributed by atoms with Crippen LogP contribution in [-0.4, -0.2) is 37.2 Å². The number of rotatable bonds is 50. The van der Waals surface area contributed by atoms with E-state index in [1.54, 1.807) is 0 Å². The van der Waals surface area contributed by atoms with Gasteiger partial charge >= 0.3 is 17.9 Å². The minimum atomic E-state index is -0.776. The van der Waals surface area contributed by atoms with Gasteiger partial charge in [-0.3, -0.25) is 14.4 Å². The van der Waals surface area contributed by atoms with E-state index in [9.17, 15) is 14.4 Å². The number of hydrogen-bond acceptors (Lipinski definition) is 6. The molecule has 0 fully saturated rings. The van der Waals surface area contributed by atoms with Crippen LogP contribution >= 0.6 is 0 Å². The number of carbonyl (C=O) groups is 3. The summed E-state index contributed by atoms with van der Waals surface area (Å²) in [6.45, 7) is 6.59. The zero-order valence-electron chi connectivity index (χ0n) is 42.1. The lowest BCUT2D eigenvalue weighted by molar-refractivity contribution is -0.167. The van der Waals surface area contributed by atoms with Gasteiger partial charge in [0.2, 0.25) is 0 Å². The summed E-state index contributed by atoms with van der Waals surface area (Å²) in [5, 5.41) is 0. The smallest absolute Gasteiger partial charge is 0.306 e. The highest BCUT2D eigenvalue weighted by atomic mass is 16.6. The summed E-state index contributed by atoms with van der Waals surface area (Å²) in [5.74, 6) is -0.880. The molecule has 0 aromatic heterocycles. The van der Waals surface area contributed by atoms with E-state index in [2.05, 4.69) is 57.2 Å². The molecule has 0 saturated heterocycles. The first kappa shape index (κ1) is 60.6. The Labute approximate surface area is 391 Å². The van der Waals surface area contributed by atoms with E-state index in [-0.39, 0.29) is 31.1 Å².